The molecular formula is C23H17ClO4. The van der Waals surface area contributed by atoms with Gasteiger partial charge in [-0.3, -0.25) is 4.79 Å². The summed E-state index contributed by atoms with van der Waals surface area (Å²) in [7, 11) is 1.58. The van der Waals surface area contributed by atoms with Crippen LogP contribution in [-0.4, -0.2) is 18.9 Å². The van der Waals surface area contributed by atoms with Crippen LogP contribution in [0.3, 0.4) is 0 Å². The molecule has 3 aromatic rings. The van der Waals surface area contributed by atoms with E-state index in [1.165, 1.54) is 6.08 Å². The van der Waals surface area contributed by atoms with Crippen LogP contribution in [0, 0.1) is 0 Å². The summed E-state index contributed by atoms with van der Waals surface area (Å²) in [6.45, 7) is 0. The number of ketones is 1. The summed E-state index contributed by atoms with van der Waals surface area (Å²) in [6, 6.07) is 20.2. The number of esters is 1. The highest BCUT2D eigenvalue weighted by Crippen LogP contribution is 2.20. The Bertz CT molecular complexity index is 1010. The minimum Gasteiger partial charge on any atom is -0.496 e. The number of rotatable bonds is 6. The zero-order chi connectivity index (χ0) is 19.9. The van der Waals surface area contributed by atoms with Crippen molar-refractivity contribution in [2.75, 3.05) is 7.11 Å². The fourth-order valence-corrected chi connectivity index (χ4v) is 2.63. The maximum absolute atomic E-state index is 12.4. The molecule has 0 atom stereocenters. The Morgan fingerprint density at radius 1 is 0.857 bits per heavy atom. The molecule has 0 amide bonds. The second-order valence-electron chi connectivity index (χ2n) is 5.86. The molecule has 0 aliphatic carbocycles. The highest BCUT2D eigenvalue weighted by Gasteiger charge is 2.09. The largest absolute Gasteiger partial charge is 0.496 e. The van der Waals surface area contributed by atoms with Crippen molar-refractivity contribution in [3.8, 4) is 11.5 Å². The maximum Gasteiger partial charge on any atom is 0.343 e. The quantitative estimate of drug-likeness (QED) is 0.242. The SMILES string of the molecule is COc1ccccc1/C=C/C(=O)c1ccc(OC(=O)c2ccc(Cl)cc2)cc1. The predicted molar refractivity (Wildman–Crippen MR) is 109 cm³/mol. The highest BCUT2D eigenvalue weighted by atomic mass is 35.5. The van der Waals surface area contributed by atoms with Crippen molar-refractivity contribution in [2.45, 2.75) is 0 Å². The number of hydrogen-bond donors (Lipinski definition) is 0. The number of benzene rings is 3. The lowest BCUT2D eigenvalue weighted by Crippen LogP contribution is -2.08. The standard InChI is InChI=1S/C23H17ClO4/c1-27-22-5-3-2-4-17(22)10-15-21(25)16-8-13-20(14-9-16)28-23(26)18-6-11-19(24)12-7-18/h2-15H,1H3/b15-10+. The van der Waals surface area contributed by atoms with E-state index in [0.29, 0.717) is 27.6 Å². The first-order chi connectivity index (χ1) is 13.6. The van der Waals surface area contributed by atoms with Crippen LogP contribution in [0.15, 0.2) is 78.9 Å². The van der Waals surface area contributed by atoms with Crippen LogP contribution in [0.2, 0.25) is 5.02 Å². The van der Waals surface area contributed by atoms with Gasteiger partial charge in [0.1, 0.15) is 11.5 Å². The molecule has 0 heterocycles. The van der Waals surface area contributed by atoms with Crippen LogP contribution in [-0.2, 0) is 0 Å². The van der Waals surface area contributed by atoms with E-state index in [2.05, 4.69) is 0 Å². The van der Waals surface area contributed by atoms with Crippen LogP contribution in [0.4, 0.5) is 0 Å². The lowest BCUT2D eigenvalue weighted by molar-refractivity contribution is 0.0734. The zero-order valence-corrected chi connectivity index (χ0v) is 15.8. The van der Waals surface area contributed by atoms with Gasteiger partial charge in [0.05, 0.1) is 12.7 Å². The second kappa shape index (κ2) is 9.02. The van der Waals surface area contributed by atoms with E-state index in [-0.39, 0.29) is 5.78 Å². The topological polar surface area (TPSA) is 52.6 Å². The smallest absolute Gasteiger partial charge is 0.343 e. The average Bonchev–Trinajstić information content (AvgIpc) is 2.73. The molecule has 0 bridgehead atoms. The Morgan fingerprint density at radius 3 is 2.18 bits per heavy atom. The summed E-state index contributed by atoms with van der Waals surface area (Å²) in [6.07, 6.45) is 3.18. The molecule has 0 aliphatic heterocycles. The van der Waals surface area contributed by atoms with Gasteiger partial charge in [-0.25, -0.2) is 4.79 Å². The second-order valence-corrected chi connectivity index (χ2v) is 6.30. The maximum atomic E-state index is 12.4. The third-order valence-corrected chi connectivity index (χ3v) is 4.23. The Balaban J connectivity index is 1.66. The van der Waals surface area contributed by atoms with E-state index >= 15 is 0 Å². The van der Waals surface area contributed by atoms with Gasteiger partial charge in [0.15, 0.2) is 5.78 Å². The van der Waals surface area contributed by atoms with Crippen molar-refractivity contribution in [1.82, 2.24) is 0 Å². The van der Waals surface area contributed by atoms with Gasteiger partial charge >= 0.3 is 5.97 Å². The third kappa shape index (κ3) is 4.87. The first-order valence-corrected chi connectivity index (χ1v) is 8.88. The van der Waals surface area contributed by atoms with Crippen molar-refractivity contribution >= 4 is 29.4 Å². The third-order valence-electron chi connectivity index (χ3n) is 3.98. The number of carbonyl (C=O) groups is 2. The molecule has 0 fully saturated rings. The van der Waals surface area contributed by atoms with E-state index < -0.39 is 5.97 Å². The molecule has 0 saturated heterocycles. The monoisotopic (exact) mass is 392 g/mol. The normalized spacial score (nSPS) is 10.6. The van der Waals surface area contributed by atoms with Crippen LogP contribution in [0.25, 0.3) is 6.08 Å². The van der Waals surface area contributed by atoms with Gasteiger partial charge in [0.2, 0.25) is 0 Å². The summed E-state index contributed by atoms with van der Waals surface area (Å²) in [4.78, 5) is 24.5. The van der Waals surface area contributed by atoms with Crippen LogP contribution >= 0.6 is 11.6 Å². The first-order valence-electron chi connectivity index (χ1n) is 8.50. The fourth-order valence-electron chi connectivity index (χ4n) is 2.50. The van der Waals surface area contributed by atoms with Crippen molar-refractivity contribution in [2.24, 2.45) is 0 Å². The Kier molecular flexibility index (Phi) is 6.25. The van der Waals surface area contributed by atoms with Gasteiger partial charge in [0.25, 0.3) is 0 Å². The van der Waals surface area contributed by atoms with Gasteiger partial charge < -0.3 is 9.47 Å². The molecule has 0 aliphatic rings. The Morgan fingerprint density at radius 2 is 1.50 bits per heavy atom. The number of allylic oxidation sites excluding steroid dienone is 1. The molecule has 4 nitrogen and oxygen atoms in total. The predicted octanol–water partition coefficient (Wildman–Crippen LogP) is 5.46. The highest BCUT2D eigenvalue weighted by molar-refractivity contribution is 6.30. The molecule has 0 radical (unpaired) electrons. The van der Waals surface area contributed by atoms with Crippen LogP contribution in [0.1, 0.15) is 26.3 Å². The minimum atomic E-state index is -0.494. The van der Waals surface area contributed by atoms with E-state index in [1.54, 1.807) is 61.7 Å². The zero-order valence-electron chi connectivity index (χ0n) is 15.1. The van der Waals surface area contributed by atoms with Crippen molar-refractivity contribution in [3.05, 3.63) is 101 Å². The van der Waals surface area contributed by atoms with E-state index in [9.17, 15) is 9.59 Å². The molecule has 0 N–H and O–H groups in total. The summed E-state index contributed by atoms with van der Waals surface area (Å²) in [5, 5.41) is 0.542. The van der Waals surface area contributed by atoms with Gasteiger partial charge in [0, 0.05) is 16.1 Å². The lowest BCUT2D eigenvalue weighted by atomic mass is 10.1. The van der Waals surface area contributed by atoms with E-state index in [4.69, 9.17) is 21.1 Å². The summed E-state index contributed by atoms with van der Waals surface area (Å²) >= 11 is 5.81. The molecule has 0 unspecified atom stereocenters. The molecule has 0 aromatic heterocycles. The summed E-state index contributed by atoms with van der Waals surface area (Å²) in [5.41, 5.74) is 1.69. The van der Waals surface area contributed by atoms with Crippen molar-refractivity contribution in [1.29, 1.82) is 0 Å². The van der Waals surface area contributed by atoms with Crippen LogP contribution < -0.4 is 9.47 Å². The number of methoxy groups -OCH3 is 1. The lowest BCUT2D eigenvalue weighted by Gasteiger charge is -2.05. The average molecular weight is 393 g/mol. The summed E-state index contributed by atoms with van der Waals surface area (Å²) in [5.74, 6) is 0.384. The number of carbonyl (C=O) groups excluding carboxylic acids is 2. The fraction of sp³-hybridized carbons (Fsp3) is 0.0435. The Hall–Kier alpha value is -3.37. The summed E-state index contributed by atoms with van der Waals surface area (Å²) < 4.78 is 10.6. The van der Waals surface area contributed by atoms with Gasteiger partial charge in [-0.05, 0) is 66.7 Å². The number of ether oxygens (including phenoxy) is 2. The minimum absolute atomic E-state index is 0.165. The Labute approximate surface area is 168 Å². The number of hydrogen-bond acceptors (Lipinski definition) is 4. The molecular weight excluding hydrogens is 376 g/mol. The van der Waals surface area contributed by atoms with Gasteiger partial charge in [-0.2, -0.15) is 0 Å². The number of para-hydroxylation sites is 1. The van der Waals surface area contributed by atoms with E-state index in [0.717, 1.165) is 5.56 Å². The molecule has 0 saturated carbocycles. The van der Waals surface area contributed by atoms with Crippen molar-refractivity contribution in [3.63, 3.8) is 0 Å². The van der Waals surface area contributed by atoms with Crippen LogP contribution in [0.5, 0.6) is 11.5 Å². The molecule has 3 aromatic carbocycles. The van der Waals surface area contributed by atoms with Gasteiger partial charge in [-0.15, -0.1) is 0 Å². The van der Waals surface area contributed by atoms with Gasteiger partial charge in [-0.1, -0.05) is 29.8 Å². The molecule has 3 rings (SSSR count). The molecule has 0 spiro atoms. The molecule has 140 valence electrons. The molecule has 28 heavy (non-hydrogen) atoms. The van der Waals surface area contributed by atoms with Crippen molar-refractivity contribution < 1.29 is 19.1 Å². The van der Waals surface area contributed by atoms with E-state index in [1.807, 2.05) is 24.3 Å². The number of halogens is 1. The molecule has 5 heteroatoms. The first kappa shape index (κ1) is 19.4.